The van der Waals surface area contributed by atoms with Gasteiger partial charge in [0.2, 0.25) is 0 Å². The van der Waals surface area contributed by atoms with Crippen LogP contribution in [0.5, 0.6) is 0 Å². The molecule has 0 bridgehead atoms. The minimum Gasteiger partial charge on any atom is -0.324 e. The Balaban J connectivity index is 2.68. The molecule has 2 N–H and O–H groups in total. The van der Waals surface area contributed by atoms with Gasteiger partial charge in [0.25, 0.3) is 0 Å². The first-order valence-corrected chi connectivity index (χ1v) is 5.87. The summed E-state index contributed by atoms with van der Waals surface area (Å²) >= 11 is 0. The number of hydrogen-bond acceptors (Lipinski definition) is 1. The average Bonchev–Trinajstić information content (AvgIpc) is 2.27. The van der Waals surface area contributed by atoms with Gasteiger partial charge in [-0.05, 0) is 34.7 Å². The van der Waals surface area contributed by atoms with Crippen molar-refractivity contribution < 1.29 is 0 Å². The van der Waals surface area contributed by atoms with Crippen molar-refractivity contribution >= 4 is 10.8 Å². The molecule has 1 nitrogen and oxygen atoms in total. The normalized spacial score (nSPS) is 13.3. The predicted molar refractivity (Wildman–Crippen MR) is 70.6 cm³/mol. The maximum absolute atomic E-state index is 6.01. The van der Waals surface area contributed by atoms with Gasteiger partial charge in [-0.15, -0.1) is 0 Å². The number of hydrogen-bond donors (Lipinski definition) is 1. The van der Waals surface area contributed by atoms with Crippen LogP contribution in [-0.2, 0) is 0 Å². The fourth-order valence-electron chi connectivity index (χ4n) is 2.07. The number of nitrogens with two attached hydrogens (primary N) is 1. The van der Waals surface area contributed by atoms with Gasteiger partial charge >= 0.3 is 0 Å². The van der Waals surface area contributed by atoms with E-state index in [0.717, 1.165) is 0 Å². The van der Waals surface area contributed by atoms with Crippen LogP contribution >= 0.6 is 0 Å². The fraction of sp³-hybridized carbons (Fsp3) is 0.333. The van der Waals surface area contributed by atoms with E-state index < -0.39 is 0 Å². The molecule has 0 heterocycles. The molecule has 0 aromatic heterocycles. The number of fused-ring (bicyclic) bond motifs is 1. The molecule has 0 aliphatic carbocycles. The Labute approximate surface area is 97.3 Å². The highest BCUT2D eigenvalue weighted by molar-refractivity contribution is 5.86. The lowest BCUT2D eigenvalue weighted by Gasteiger charge is -2.12. The standard InChI is InChI=1S/C15H19N/c1-10(2)13-8-7-12-5-4-6-14(11(3)16)15(12)9-13/h4-11H,16H2,1-3H3/t11-/m1/s1. The third-order valence-corrected chi connectivity index (χ3v) is 3.10. The molecule has 1 heteroatoms. The second-order valence-electron chi connectivity index (χ2n) is 4.77. The Bertz CT molecular complexity index is 498. The monoisotopic (exact) mass is 213 g/mol. The summed E-state index contributed by atoms with van der Waals surface area (Å²) in [6.07, 6.45) is 0. The summed E-state index contributed by atoms with van der Waals surface area (Å²) in [5.41, 5.74) is 8.62. The molecule has 0 spiro atoms. The first kappa shape index (κ1) is 11.2. The molecular weight excluding hydrogens is 194 g/mol. The quantitative estimate of drug-likeness (QED) is 0.802. The summed E-state index contributed by atoms with van der Waals surface area (Å²) in [7, 11) is 0. The molecule has 2 aromatic rings. The maximum atomic E-state index is 6.01. The highest BCUT2D eigenvalue weighted by Crippen LogP contribution is 2.26. The topological polar surface area (TPSA) is 26.0 Å². The van der Waals surface area contributed by atoms with E-state index in [2.05, 4.69) is 50.2 Å². The minimum absolute atomic E-state index is 0.0890. The fourth-order valence-corrected chi connectivity index (χ4v) is 2.07. The van der Waals surface area contributed by atoms with Crippen LogP contribution in [0.2, 0.25) is 0 Å². The van der Waals surface area contributed by atoms with Crippen LogP contribution in [0.4, 0.5) is 0 Å². The van der Waals surface area contributed by atoms with E-state index in [1.165, 1.54) is 21.9 Å². The van der Waals surface area contributed by atoms with Crippen LogP contribution in [0.3, 0.4) is 0 Å². The molecule has 2 rings (SSSR count). The van der Waals surface area contributed by atoms with Crippen LogP contribution in [0, 0.1) is 0 Å². The summed E-state index contributed by atoms with van der Waals surface area (Å²) in [6.45, 7) is 6.47. The zero-order valence-electron chi connectivity index (χ0n) is 10.2. The zero-order valence-corrected chi connectivity index (χ0v) is 10.2. The van der Waals surface area contributed by atoms with Gasteiger partial charge in [-0.3, -0.25) is 0 Å². The van der Waals surface area contributed by atoms with E-state index in [1.807, 2.05) is 6.92 Å². The molecule has 84 valence electrons. The second kappa shape index (κ2) is 4.26. The lowest BCUT2D eigenvalue weighted by molar-refractivity contribution is 0.825. The highest BCUT2D eigenvalue weighted by atomic mass is 14.6. The molecular formula is C15H19N. The Morgan fingerprint density at radius 3 is 2.38 bits per heavy atom. The van der Waals surface area contributed by atoms with Gasteiger partial charge in [0.1, 0.15) is 0 Å². The van der Waals surface area contributed by atoms with Crippen molar-refractivity contribution in [1.29, 1.82) is 0 Å². The van der Waals surface area contributed by atoms with Gasteiger partial charge in [-0.2, -0.15) is 0 Å². The predicted octanol–water partition coefficient (Wildman–Crippen LogP) is 3.98. The van der Waals surface area contributed by atoms with Crippen LogP contribution < -0.4 is 5.73 Å². The first-order chi connectivity index (χ1) is 7.59. The van der Waals surface area contributed by atoms with Crippen molar-refractivity contribution in [3.05, 3.63) is 47.5 Å². The first-order valence-electron chi connectivity index (χ1n) is 5.87. The third-order valence-electron chi connectivity index (χ3n) is 3.10. The second-order valence-corrected chi connectivity index (χ2v) is 4.77. The van der Waals surface area contributed by atoms with Crippen molar-refractivity contribution in [3.8, 4) is 0 Å². The van der Waals surface area contributed by atoms with Gasteiger partial charge < -0.3 is 5.73 Å². The zero-order chi connectivity index (χ0) is 11.7. The van der Waals surface area contributed by atoms with E-state index in [-0.39, 0.29) is 6.04 Å². The molecule has 0 fully saturated rings. The average molecular weight is 213 g/mol. The van der Waals surface area contributed by atoms with Crippen molar-refractivity contribution in [2.24, 2.45) is 5.73 Å². The Kier molecular flexibility index (Phi) is 2.97. The van der Waals surface area contributed by atoms with Gasteiger partial charge in [0.15, 0.2) is 0 Å². The van der Waals surface area contributed by atoms with Crippen LogP contribution in [0.25, 0.3) is 10.8 Å². The lowest BCUT2D eigenvalue weighted by Crippen LogP contribution is -2.05. The van der Waals surface area contributed by atoms with Gasteiger partial charge in [0.05, 0.1) is 0 Å². The van der Waals surface area contributed by atoms with Crippen LogP contribution in [-0.4, -0.2) is 0 Å². The molecule has 0 aliphatic heterocycles. The molecule has 0 aliphatic rings. The third kappa shape index (κ3) is 1.96. The minimum atomic E-state index is 0.0890. The van der Waals surface area contributed by atoms with Crippen molar-refractivity contribution in [2.75, 3.05) is 0 Å². The molecule has 0 saturated heterocycles. The van der Waals surface area contributed by atoms with Crippen LogP contribution in [0.15, 0.2) is 36.4 Å². The van der Waals surface area contributed by atoms with Crippen molar-refractivity contribution in [2.45, 2.75) is 32.7 Å². The molecule has 0 saturated carbocycles. The van der Waals surface area contributed by atoms with E-state index in [1.54, 1.807) is 0 Å². The van der Waals surface area contributed by atoms with E-state index in [9.17, 15) is 0 Å². The van der Waals surface area contributed by atoms with E-state index >= 15 is 0 Å². The lowest BCUT2D eigenvalue weighted by atomic mass is 9.95. The van der Waals surface area contributed by atoms with Gasteiger partial charge in [0, 0.05) is 6.04 Å². The maximum Gasteiger partial charge on any atom is 0.0272 e. The molecule has 0 radical (unpaired) electrons. The summed E-state index contributed by atoms with van der Waals surface area (Å²) < 4.78 is 0. The van der Waals surface area contributed by atoms with Gasteiger partial charge in [-0.25, -0.2) is 0 Å². The van der Waals surface area contributed by atoms with Crippen molar-refractivity contribution in [1.82, 2.24) is 0 Å². The van der Waals surface area contributed by atoms with E-state index in [0.29, 0.717) is 5.92 Å². The Morgan fingerprint density at radius 2 is 1.75 bits per heavy atom. The Morgan fingerprint density at radius 1 is 1.00 bits per heavy atom. The highest BCUT2D eigenvalue weighted by Gasteiger charge is 2.07. The summed E-state index contributed by atoms with van der Waals surface area (Å²) in [5, 5.41) is 2.57. The SMILES string of the molecule is CC(C)c1ccc2cccc([C@@H](C)N)c2c1. The number of benzene rings is 2. The van der Waals surface area contributed by atoms with Crippen LogP contribution in [0.1, 0.15) is 43.9 Å². The smallest absolute Gasteiger partial charge is 0.0272 e. The Hall–Kier alpha value is -1.34. The summed E-state index contributed by atoms with van der Waals surface area (Å²) in [4.78, 5) is 0. The molecule has 2 aromatic carbocycles. The number of rotatable bonds is 2. The molecule has 16 heavy (non-hydrogen) atoms. The molecule has 0 amide bonds. The summed E-state index contributed by atoms with van der Waals surface area (Å²) in [6, 6.07) is 13.1. The summed E-state index contributed by atoms with van der Waals surface area (Å²) in [5.74, 6) is 0.561. The molecule has 1 atom stereocenters. The van der Waals surface area contributed by atoms with E-state index in [4.69, 9.17) is 5.73 Å². The van der Waals surface area contributed by atoms with Crippen molar-refractivity contribution in [3.63, 3.8) is 0 Å². The molecule has 0 unspecified atom stereocenters. The van der Waals surface area contributed by atoms with Gasteiger partial charge in [-0.1, -0.05) is 50.2 Å². The largest absolute Gasteiger partial charge is 0.324 e.